The average molecular weight is 294 g/mol. The molecule has 2 rings (SSSR count). The summed E-state index contributed by atoms with van der Waals surface area (Å²) in [6, 6.07) is 5.56. The first kappa shape index (κ1) is 13.2. The summed E-state index contributed by atoms with van der Waals surface area (Å²) in [4.78, 5) is 4.23. The van der Waals surface area contributed by atoms with Crippen LogP contribution in [0.5, 0.6) is 5.75 Å². The first-order valence-corrected chi connectivity index (χ1v) is 6.26. The van der Waals surface area contributed by atoms with Crippen molar-refractivity contribution in [1.82, 2.24) is 4.98 Å². The third-order valence-corrected chi connectivity index (χ3v) is 3.24. The lowest BCUT2D eigenvalue weighted by Crippen LogP contribution is -2.16. The Balaban J connectivity index is 2.17. The number of benzene rings is 1. The number of alkyl halides is 4. The second-order valence-electron chi connectivity index (χ2n) is 3.35. The second-order valence-corrected chi connectivity index (χ2v) is 4.48. The first-order chi connectivity index (χ1) is 8.48. The van der Waals surface area contributed by atoms with Crippen molar-refractivity contribution in [2.24, 2.45) is 0 Å². The topological polar surface area (TPSA) is 22.1 Å². The largest absolute Gasteiger partial charge is 0.573 e. The molecule has 96 valence electrons. The molecule has 2 nitrogen and oxygen atoms in total. The predicted octanol–water partition coefficient (Wildman–Crippen LogP) is 4.45. The molecule has 0 saturated carbocycles. The summed E-state index contributed by atoms with van der Waals surface area (Å²) < 4.78 is 39.7. The van der Waals surface area contributed by atoms with Crippen LogP contribution in [0.15, 0.2) is 29.6 Å². The van der Waals surface area contributed by atoms with Crippen LogP contribution >= 0.6 is 22.9 Å². The van der Waals surface area contributed by atoms with Gasteiger partial charge in [0.25, 0.3) is 0 Å². The summed E-state index contributed by atoms with van der Waals surface area (Å²) >= 11 is 7.01. The van der Waals surface area contributed by atoms with Crippen LogP contribution < -0.4 is 4.74 Å². The molecule has 7 heteroatoms. The zero-order valence-corrected chi connectivity index (χ0v) is 10.4. The highest BCUT2D eigenvalue weighted by Gasteiger charge is 2.30. The van der Waals surface area contributed by atoms with Gasteiger partial charge in [-0.3, -0.25) is 0 Å². The molecule has 0 aliphatic heterocycles. The van der Waals surface area contributed by atoms with Gasteiger partial charge in [-0.1, -0.05) is 0 Å². The van der Waals surface area contributed by atoms with Gasteiger partial charge in [0.05, 0.1) is 11.6 Å². The van der Waals surface area contributed by atoms with Crippen molar-refractivity contribution in [2.45, 2.75) is 12.2 Å². The Morgan fingerprint density at radius 2 is 1.89 bits per heavy atom. The standard InChI is InChI=1S/C11H7ClF3NOS/c12-5-8-6-18-10(16-8)7-1-3-9(4-2-7)17-11(13,14)15/h1-4,6H,5H2. The smallest absolute Gasteiger partial charge is 0.406 e. The highest BCUT2D eigenvalue weighted by molar-refractivity contribution is 7.13. The maximum Gasteiger partial charge on any atom is 0.573 e. The lowest BCUT2D eigenvalue weighted by atomic mass is 10.2. The lowest BCUT2D eigenvalue weighted by Gasteiger charge is -2.08. The van der Waals surface area contributed by atoms with Crippen LogP contribution in [-0.2, 0) is 5.88 Å². The maximum absolute atomic E-state index is 12.0. The van der Waals surface area contributed by atoms with Crippen LogP contribution in [0.2, 0.25) is 0 Å². The van der Waals surface area contributed by atoms with Gasteiger partial charge >= 0.3 is 6.36 Å². The van der Waals surface area contributed by atoms with Crippen LogP contribution in [-0.4, -0.2) is 11.3 Å². The third kappa shape index (κ3) is 3.36. The molecule has 0 atom stereocenters. The van der Waals surface area contributed by atoms with E-state index < -0.39 is 6.36 Å². The van der Waals surface area contributed by atoms with Crippen LogP contribution in [0, 0.1) is 0 Å². The summed E-state index contributed by atoms with van der Waals surface area (Å²) in [5.41, 5.74) is 1.47. The Kier molecular flexibility index (Phi) is 3.77. The molecule has 1 aromatic carbocycles. The van der Waals surface area contributed by atoms with E-state index in [1.807, 2.05) is 5.38 Å². The molecule has 0 spiro atoms. The average Bonchev–Trinajstić information content (AvgIpc) is 2.76. The number of rotatable bonds is 3. The van der Waals surface area contributed by atoms with E-state index in [0.29, 0.717) is 10.9 Å². The molecule has 0 unspecified atom stereocenters. The van der Waals surface area contributed by atoms with E-state index in [4.69, 9.17) is 11.6 Å². The summed E-state index contributed by atoms with van der Waals surface area (Å²) in [5.74, 6) is 0.0616. The highest BCUT2D eigenvalue weighted by atomic mass is 35.5. The molecule has 0 aliphatic carbocycles. The van der Waals surface area contributed by atoms with Gasteiger partial charge in [0.15, 0.2) is 0 Å². The van der Waals surface area contributed by atoms with Crippen molar-refractivity contribution < 1.29 is 17.9 Å². The fourth-order valence-corrected chi connectivity index (χ4v) is 2.35. The monoisotopic (exact) mass is 293 g/mol. The summed E-state index contributed by atoms with van der Waals surface area (Å²) in [5, 5.41) is 2.52. The Labute approximate surface area is 110 Å². The Morgan fingerprint density at radius 1 is 1.22 bits per heavy atom. The van der Waals surface area contributed by atoms with Crippen molar-refractivity contribution in [1.29, 1.82) is 0 Å². The van der Waals surface area contributed by atoms with Crippen LogP contribution in [0.3, 0.4) is 0 Å². The summed E-state index contributed by atoms with van der Waals surface area (Å²) in [6.45, 7) is 0. The molecule has 1 heterocycles. The number of aromatic nitrogens is 1. The van der Waals surface area contributed by atoms with E-state index in [2.05, 4.69) is 9.72 Å². The Bertz CT molecular complexity index is 524. The van der Waals surface area contributed by atoms with Crippen molar-refractivity contribution in [3.63, 3.8) is 0 Å². The lowest BCUT2D eigenvalue weighted by molar-refractivity contribution is -0.274. The molecular weight excluding hydrogens is 287 g/mol. The molecule has 0 bridgehead atoms. The number of nitrogens with zero attached hydrogens (tertiary/aromatic N) is 1. The van der Waals surface area contributed by atoms with Crippen LogP contribution in [0.25, 0.3) is 10.6 Å². The number of hydrogen-bond acceptors (Lipinski definition) is 3. The fraction of sp³-hybridized carbons (Fsp3) is 0.182. The molecule has 18 heavy (non-hydrogen) atoms. The zero-order chi connectivity index (χ0) is 13.2. The fourth-order valence-electron chi connectivity index (χ4n) is 1.30. The number of ether oxygens (including phenoxy) is 1. The maximum atomic E-state index is 12.0. The molecular formula is C11H7ClF3NOS. The molecule has 0 aliphatic rings. The Morgan fingerprint density at radius 3 is 2.39 bits per heavy atom. The van der Waals surface area contributed by atoms with Gasteiger partial charge in [-0.25, -0.2) is 4.98 Å². The summed E-state index contributed by atoms with van der Waals surface area (Å²) in [6.07, 6.45) is -4.67. The van der Waals surface area contributed by atoms with E-state index >= 15 is 0 Å². The van der Waals surface area contributed by atoms with E-state index in [0.717, 1.165) is 11.3 Å². The molecule has 0 amide bonds. The van der Waals surface area contributed by atoms with E-state index in [1.54, 1.807) is 0 Å². The van der Waals surface area contributed by atoms with Gasteiger partial charge in [0.2, 0.25) is 0 Å². The molecule has 2 aromatic rings. The van der Waals surface area contributed by atoms with Gasteiger partial charge in [0.1, 0.15) is 10.8 Å². The zero-order valence-electron chi connectivity index (χ0n) is 8.87. The molecule has 0 N–H and O–H groups in total. The highest BCUT2D eigenvalue weighted by Crippen LogP contribution is 2.28. The van der Waals surface area contributed by atoms with Gasteiger partial charge < -0.3 is 4.74 Å². The minimum atomic E-state index is -4.67. The minimum absolute atomic E-state index is 0.250. The van der Waals surface area contributed by atoms with E-state index in [9.17, 15) is 13.2 Å². The quantitative estimate of drug-likeness (QED) is 0.780. The number of halogens is 4. The van der Waals surface area contributed by atoms with Gasteiger partial charge in [0, 0.05) is 10.9 Å². The second kappa shape index (κ2) is 5.16. The minimum Gasteiger partial charge on any atom is -0.406 e. The van der Waals surface area contributed by atoms with Crippen molar-refractivity contribution in [3.8, 4) is 16.3 Å². The molecule has 0 fully saturated rings. The third-order valence-electron chi connectivity index (χ3n) is 2.02. The van der Waals surface area contributed by atoms with E-state index in [-0.39, 0.29) is 5.75 Å². The number of hydrogen-bond donors (Lipinski definition) is 0. The first-order valence-electron chi connectivity index (χ1n) is 4.84. The molecule has 1 aromatic heterocycles. The molecule has 0 radical (unpaired) electrons. The Hall–Kier alpha value is -1.27. The van der Waals surface area contributed by atoms with Crippen molar-refractivity contribution in [2.75, 3.05) is 0 Å². The molecule has 0 saturated heterocycles. The van der Waals surface area contributed by atoms with Crippen molar-refractivity contribution >= 4 is 22.9 Å². The van der Waals surface area contributed by atoms with E-state index in [1.165, 1.54) is 35.6 Å². The number of thiazole rings is 1. The van der Waals surface area contributed by atoms with Crippen molar-refractivity contribution in [3.05, 3.63) is 35.3 Å². The van der Waals surface area contributed by atoms with Gasteiger partial charge in [-0.15, -0.1) is 36.1 Å². The van der Waals surface area contributed by atoms with Gasteiger partial charge in [-0.2, -0.15) is 0 Å². The summed E-state index contributed by atoms with van der Waals surface area (Å²) in [7, 11) is 0. The van der Waals surface area contributed by atoms with Gasteiger partial charge in [-0.05, 0) is 24.3 Å². The SMILES string of the molecule is FC(F)(F)Oc1ccc(-c2nc(CCl)cs2)cc1. The normalized spacial score (nSPS) is 11.6. The van der Waals surface area contributed by atoms with Crippen LogP contribution in [0.1, 0.15) is 5.69 Å². The predicted molar refractivity (Wildman–Crippen MR) is 63.8 cm³/mol. The van der Waals surface area contributed by atoms with Crippen LogP contribution in [0.4, 0.5) is 13.2 Å².